The van der Waals surface area contributed by atoms with Crippen LogP contribution in [0.2, 0.25) is 10.0 Å². The van der Waals surface area contributed by atoms with Crippen LogP contribution in [0.5, 0.6) is 5.75 Å². The van der Waals surface area contributed by atoms with Crippen LogP contribution in [0, 0.1) is 11.8 Å². The number of aliphatic hydroxyl groups is 1. The standard InChI is InChI=1S/C21H26Cl2O10/c22-14-7-8-17(15(23)9-14)32-11-18(25)33-10-13(20(28)29)5-1-3-12(19(26)27)4-2-6-16(24)21(30)31/h7-9,12-13,16,24H,1-6,10-11H2,(H,26,27)(H,28,29)(H,30,31)/t12?,13?,16-/m0/s1. The first-order chi connectivity index (χ1) is 15.5. The number of rotatable bonds is 16. The highest BCUT2D eigenvalue weighted by Crippen LogP contribution is 2.27. The van der Waals surface area contributed by atoms with Crippen molar-refractivity contribution in [2.45, 2.75) is 44.6 Å². The SMILES string of the molecule is O=C(COc1ccc(Cl)cc1Cl)OCC(CCCC(CCC[C@H](O)C(=O)O)C(=O)O)C(=O)O. The fraction of sp³-hybridized carbons (Fsp3) is 0.524. The second kappa shape index (κ2) is 14.6. The number of carboxylic acid groups (broad SMARTS) is 3. The highest BCUT2D eigenvalue weighted by molar-refractivity contribution is 6.35. The van der Waals surface area contributed by atoms with E-state index in [-0.39, 0.29) is 49.3 Å². The molecule has 0 radical (unpaired) electrons. The highest BCUT2D eigenvalue weighted by atomic mass is 35.5. The number of hydrogen-bond donors (Lipinski definition) is 4. The fourth-order valence-electron chi connectivity index (χ4n) is 2.93. The quantitative estimate of drug-likeness (QED) is 0.243. The lowest BCUT2D eigenvalue weighted by Crippen LogP contribution is -2.25. The molecule has 0 saturated heterocycles. The Kier molecular flexibility index (Phi) is 12.6. The minimum atomic E-state index is -1.55. The summed E-state index contributed by atoms with van der Waals surface area (Å²) in [6.07, 6.45) is -0.799. The molecule has 0 aliphatic carbocycles. The average molecular weight is 509 g/mol. The Hall–Kier alpha value is -2.56. The van der Waals surface area contributed by atoms with E-state index in [1.165, 1.54) is 18.2 Å². The first-order valence-corrected chi connectivity index (χ1v) is 10.9. The second-order valence-electron chi connectivity index (χ2n) is 7.33. The molecule has 3 atom stereocenters. The monoisotopic (exact) mass is 508 g/mol. The van der Waals surface area contributed by atoms with Gasteiger partial charge in [0.1, 0.15) is 12.4 Å². The van der Waals surface area contributed by atoms with Crippen LogP contribution in [-0.2, 0) is 23.9 Å². The fourth-order valence-corrected chi connectivity index (χ4v) is 3.39. The van der Waals surface area contributed by atoms with E-state index in [2.05, 4.69) is 0 Å². The van der Waals surface area contributed by atoms with Crippen LogP contribution >= 0.6 is 23.2 Å². The van der Waals surface area contributed by atoms with Crippen molar-refractivity contribution in [3.05, 3.63) is 28.2 Å². The van der Waals surface area contributed by atoms with Gasteiger partial charge < -0.3 is 29.9 Å². The maximum absolute atomic E-state index is 11.9. The third-order valence-electron chi connectivity index (χ3n) is 4.80. The Morgan fingerprint density at radius 1 is 0.848 bits per heavy atom. The summed E-state index contributed by atoms with van der Waals surface area (Å²) < 4.78 is 10.2. The number of carbonyl (C=O) groups excluding carboxylic acids is 1. The Balaban J connectivity index is 2.42. The molecule has 0 aromatic heterocycles. The number of halogens is 2. The molecule has 0 spiro atoms. The van der Waals surface area contributed by atoms with Gasteiger partial charge in [-0.2, -0.15) is 0 Å². The highest BCUT2D eigenvalue weighted by Gasteiger charge is 2.23. The van der Waals surface area contributed by atoms with Gasteiger partial charge in [0.25, 0.3) is 0 Å². The largest absolute Gasteiger partial charge is 0.481 e. The summed E-state index contributed by atoms with van der Waals surface area (Å²) >= 11 is 11.7. The maximum Gasteiger partial charge on any atom is 0.344 e. The van der Waals surface area contributed by atoms with Crippen LogP contribution in [-0.4, -0.2) is 63.6 Å². The lowest BCUT2D eigenvalue weighted by Gasteiger charge is -2.16. The van der Waals surface area contributed by atoms with E-state index < -0.39 is 55.0 Å². The third-order valence-corrected chi connectivity index (χ3v) is 5.33. The molecular formula is C21H26Cl2O10. The Labute approximate surface area is 200 Å². The smallest absolute Gasteiger partial charge is 0.344 e. The lowest BCUT2D eigenvalue weighted by atomic mass is 9.92. The van der Waals surface area contributed by atoms with Gasteiger partial charge in [-0.1, -0.05) is 29.6 Å². The van der Waals surface area contributed by atoms with Gasteiger partial charge in [0.2, 0.25) is 0 Å². The molecule has 0 aliphatic heterocycles. The van der Waals surface area contributed by atoms with Crippen molar-refractivity contribution >= 4 is 47.1 Å². The maximum atomic E-state index is 11.9. The molecule has 0 aliphatic rings. The predicted octanol–water partition coefficient (Wildman–Crippen LogP) is 3.10. The molecule has 2 unspecified atom stereocenters. The molecule has 10 nitrogen and oxygen atoms in total. The van der Waals surface area contributed by atoms with Gasteiger partial charge in [0.05, 0.1) is 16.9 Å². The van der Waals surface area contributed by atoms with E-state index in [0.717, 1.165) is 0 Å². The minimum Gasteiger partial charge on any atom is -0.481 e. The number of benzene rings is 1. The van der Waals surface area contributed by atoms with Crippen molar-refractivity contribution in [3.8, 4) is 5.75 Å². The summed E-state index contributed by atoms with van der Waals surface area (Å²) in [4.78, 5) is 45.3. The topological polar surface area (TPSA) is 168 Å². The first kappa shape index (κ1) is 28.5. The number of aliphatic carboxylic acids is 3. The summed E-state index contributed by atoms with van der Waals surface area (Å²) in [6, 6.07) is 4.43. The molecule has 1 aromatic carbocycles. The summed E-state index contributed by atoms with van der Waals surface area (Å²) in [5.41, 5.74) is 0. The zero-order valence-electron chi connectivity index (χ0n) is 17.6. The Bertz CT molecular complexity index is 829. The van der Waals surface area contributed by atoms with E-state index in [0.29, 0.717) is 5.02 Å². The van der Waals surface area contributed by atoms with Crippen molar-refractivity contribution < 1.29 is 49.1 Å². The molecule has 0 amide bonds. The molecule has 0 bridgehead atoms. The van der Waals surface area contributed by atoms with E-state index in [4.69, 9.17) is 37.8 Å². The predicted molar refractivity (Wildman–Crippen MR) is 117 cm³/mol. The second-order valence-corrected chi connectivity index (χ2v) is 8.18. The van der Waals surface area contributed by atoms with Crippen LogP contribution in [0.15, 0.2) is 18.2 Å². The van der Waals surface area contributed by atoms with Crippen LogP contribution in [0.25, 0.3) is 0 Å². The lowest BCUT2D eigenvalue weighted by molar-refractivity contribution is -0.153. The number of hydrogen-bond acceptors (Lipinski definition) is 7. The van der Waals surface area contributed by atoms with Crippen LogP contribution in [0.4, 0.5) is 0 Å². The molecule has 184 valence electrons. The molecule has 0 saturated carbocycles. The normalized spacial score (nSPS) is 13.5. The summed E-state index contributed by atoms with van der Waals surface area (Å²) in [6.45, 7) is -0.897. The van der Waals surface area contributed by atoms with E-state index >= 15 is 0 Å². The molecule has 1 aromatic rings. The van der Waals surface area contributed by atoms with E-state index in [1.54, 1.807) is 0 Å². The average Bonchev–Trinajstić information content (AvgIpc) is 2.73. The molecular weight excluding hydrogens is 483 g/mol. The van der Waals surface area contributed by atoms with Gasteiger partial charge in [-0.3, -0.25) is 9.59 Å². The van der Waals surface area contributed by atoms with Gasteiger partial charge in [0, 0.05) is 5.02 Å². The zero-order chi connectivity index (χ0) is 25.0. The van der Waals surface area contributed by atoms with Gasteiger partial charge in [0.15, 0.2) is 12.7 Å². The van der Waals surface area contributed by atoms with E-state index in [1.807, 2.05) is 0 Å². The molecule has 12 heteroatoms. The number of carbonyl (C=O) groups is 4. The molecule has 0 fully saturated rings. The molecule has 1 rings (SSSR count). The van der Waals surface area contributed by atoms with Crippen molar-refractivity contribution in [3.63, 3.8) is 0 Å². The summed E-state index contributed by atoms with van der Waals surface area (Å²) in [5, 5.41) is 37.1. The Morgan fingerprint density at radius 2 is 1.42 bits per heavy atom. The van der Waals surface area contributed by atoms with Gasteiger partial charge in [-0.15, -0.1) is 0 Å². The summed E-state index contributed by atoms with van der Waals surface area (Å²) in [7, 11) is 0. The number of aliphatic hydroxyl groups excluding tert-OH is 1. The summed E-state index contributed by atoms with van der Waals surface area (Å²) in [5.74, 6) is -6.08. The van der Waals surface area contributed by atoms with Crippen molar-refractivity contribution in [1.82, 2.24) is 0 Å². The molecule has 4 N–H and O–H groups in total. The van der Waals surface area contributed by atoms with Crippen LogP contribution in [0.1, 0.15) is 38.5 Å². The molecule has 0 heterocycles. The minimum absolute atomic E-state index is 0.0733. The molecule has 33 heavy (non-hydrogen) atoms. The van der Waals surface area contributed by atoms with E-state index in [9.17, 15) is 34.5 Å². The van der Waals surface area contributed by atoms with Crippen molar-refractivity contribution in [2.75, 3.05) is 13.2 Å². The van der Waals surface area contributed by atoms with Crippen molar-refractivity contribution in [1.29, 1.82) is 0 Å². The zero-order valence-corrected chi connectivity index (χ0v) is 19.1. The van der Waals surface area contributed by atoms with Gasteiger partial charge >= 0.3 is 23.9 Å². The third kappa shape index (κ3) is 11.2. The Morgan fingerprint density at radius 3 is 1.97 bits per heavy atom. The first-order valence-electron chi connectivity index (χ1n) is 10.1. The number of ether oxygens (including phenoxy) is 2. The van der Waals surface area contributed by atoms with Crippen LogP contribution in [0.3, 0.4) is 0 Å². The van der Waals surface area contributed by atoms with Gasteiger partial charge in [-0.25, -0.2) is 9.59 Å². The number of esters is 1. The van der Waals surface area contributed by atoms with Gasteiger partial charge in [-0.05, 0) is 50.3 Å². The number of carboxylic acids is 3. The van der Waals surface area contributed by atoms with Crippen molar-refractivity contribution in [2.24, 2.45) is 11.8 Å². The van der Waals surface area contributed by atoms with Crippen LogP contribution < -0.4 is 4.74 Å².